The Hall–Kier alpha value is -1.81. The fourth-order valence-corrected chi connectivity index (χ4v) is 3.24. The average Bonchev–Trinajstić information content (AvgIpc) is 2.92. The molecule has 3 nitrogen and oxygen atoms in total. The lowest BCUT2D eigenvalue weighted by atomic mass is 10.1. The topological polar surface area (TPSA) is 41.1 Å². The van der Waals surface area contributed by atoms with E-state index in [-0.39, 0.29) is 5.91 Å². The van der Waals surface area contributed by atoms with Gasteiger partial charge < -0.3 is 10.6 Å². The minimum absolute atomic E-state index is 0.00833. The van der Waals surface area contributed by atoms with Gasteiger partial charge in [0.15, 0.2) is 0 Å². The molecule has 2 N–H and O–H groups in total. The lowest BCUT2D eigenvalue weighted by Crippen LogP contribution is -2.23. The van der Waals surface area contributed by atoms with Crippen molar-refractivity contribution in [2.24, 2.45) is 0 Å². The van der Waals surface area contributed by atoms with Crippen LogP contribution in [0.15, 0.2) is 29.6 Å². The minimum Gasteiger partial charge on any atom is -0.385 e. The van der Waals surface area contributed by atoms with Crippen molar-refractivity contribution >= 4 is 22.9 Å². The summed E-state index contributed by atoms with van der Waals surface area (Å²) < 4.78 is 0. The number of rotatable bonds is 6. The molecule has 0 saturated heterocycles. The zero-order valence-corrected chi connectivity index (χ0v) is 13.6. The molecule has 1 aromatic heterocycles. The van der Waals surface area contributed by atoms with Gasteiger partial charge in [-0.15, -0.1) is 11.3 Å². The molecule has 0 spiro atoms. The molecule has 0 aliphatic rings. The summed E-state index contributed by atoms with van der Waals surface area (Å²) >= 11 is 1.70. The lowest BCUT2D eigenvalue weighted by molar-refractivity contribution is 0.0950. The van der Waals surface area contributed by atoms with Crippen molar-refractivity contribution in [3.05, 3.63) is 51.2 Å². The quantitative estimate of drug-likeness (QED) is 0.847. The molecule has 2 rings (SSSR count). The van der Waals surface area contributed by atoms with E-state index < -0.39 is 0 Å². The highest BCUT2D eigenvalue weighted by atomic mass is 32.1. The molecule has 0 saturated carbocycles. The van der Waals surface area contributed by atoms with Gasteiger partial charge in [0.1, 0.15) is 0 Å². The molecule has 1 aromatic carbocycles. The van der Waals surface area contributed by atoms with Crippen LogP contribution in [-0.4, -0.2) is 12.5 Å². The third kappa shape index (κ3) is 3.85. The van der Waals surface area contributed by atoms with Crippen LogP contribution in [0.25, 0.3) is 0 Å². The Bertz CT molecular complexity index is 619. The fraction of sp³-hybridized carbons (Fsp3) is 0.353. The molecule has 0 unspecified atom stereocenters. The van der Waals surface area contributed by atoms with Crippen LogP contribution >= 0.6 is 11.3 Å². The zero-order chi connectivity index (χ0) is 15.2. The number of amides is 1. The number of hydrogen-bond donors (Lipinski definition) is 2. The number of benzene rings is 1. The molecule has 4 heteroatoms. The molecule has 0 fully saturated rings. The van der Waals surface area contributed by atoms with E-state index in [1.54, 1.807) is 11.3 Å². The number of nitrogens with one attached hydrogen (secondary N) is 2. The van der Waals surface area contributed by atoms with E-state index in [1.165, 1.54) is 10.4 Å². The van der Waals surface area contributed by atoms with Gasteiger partial charge >= 0.3 is 0 Å². The van der Waals surface area contributed by atoms with Gasteiger partial charge in [0, 0.05) is 22.7 Å². The monoisotopic (exact) mass is 302 g/mol. The number of hydrogen-bond acceptors (Lipinski definition) is 3. The molecule has 0 atom stereocenters. The van der Waals surface area contributed by atoms with Crippen LogP contribution in [0.3, 0.4) is 0 Å². The van der Waals surface area contributed by atoms with E-state index in [2.05, 4.69) is 35.9 Å². The maximum absolute atomic E-state index is 12.3. The van der Waals surface area contributed by atoms with Gasteiger partial charge in [-0.2, -0.15) is 0 Å². The maximum Gasteiger partial charge on any atom is 0.251 e. The molecular formula is C17H22N2OS. The first-order valence-electron chi connectivity index (χ1n) is 7.33. The number of aryl methyl sites for hydroxylation is 2. The van der Waals surface area contributed by atoms with Crippen molar-refractivity contribution in [2.45, 2.75) is 33.7 Å². The van der Waals surface area contributed by atoms with Crippen molar-refractivity contribution in [3.8, 4) is 0 Å². The smallest absolute Gasteiger partial charge is 0.251 e. The summed E-state index contributed by atoms with van der Waals surface area (Å²) in [5.74, 6) is -0.00833. The van der Waals surface area contributed by atoms with E-state index in [9.17, 15) is 4.79 Å². The van der Waals surface area contributed by atoms with Crippen molar-refractivity contribution < 1.29 is 4.79 Å². The first-order chi connectivity index (χ1) is 10.2. The van der Waals surface area contributed by atoms with E-state index in [0.717, 1.165) is 29.8 Å². The molecule has 112 valence electrons. The van der Waals surface area contributed by atoms with Crippen LogP contribution in [0.1, 0.15) is 40.2 Å². The van der Waals surface area contributed by atoms with E-state index in [0.29, 0.717) is 6.54 Å². The Labute approximate surface area is 130 Å². The molecule has 1 amide bonds. The number of thiophene rings is 1. The van der Waals surface area contributed by atoms with Gasteiger partial charge in [-0.3, -0.25) is 4.79 Å². The largest absolute Gasteiger partial charge is 0.385 e. The Morgan fingerprint density at radius 3 is 2.71 bits per heavy atom. The summed E-state index contributed by atoms with van der Waals surface area (Å²) in [7, 11) is 0. The summed E-state index contributed by atoms with van der Waals surface area (Å²) in [5.41, 5.74) is 4.11. The Balaban J connectivity index is 2.03. The molecule has 0 aliphatic carbocycles. The highest BCUT2D eigenvalue weighted by Gasteiger charge is 2.10. The molecule has 0 bridgehead atoms. The molecule has 21 heavy (non-hydrogen) atoms. The van der Waals surface area contributed by atoms with Gasteiger partial charge in [-0.1, -0.05) is 6.92 Å². The second-order valence-electron chi connectivity index (χ2n) is 4.97. The normalized spacial score (nSPS) is 10.4. The summed E-state index contributed by atoms with van der Waals surface area (Å²) in [6, 6.07) is 7.98. The fourth-order valence-electron chi connectivity index (χ4n) is 2.33. The second kappa shape index (κ2) is 7.27. The summed E-state index contributed by atoms with van der Waals surface area (Å²) in [4.78, 5) is 13.5. The van der Waals surface area contributed by atoms with Crippen LogP contribution in [0.5, 0.6) is 0 Å². The van der Waals surface area contributed by atoms with Crippen LogP contribution in [0.4, 0.5) is 5.69 Å². The predicted octanol–water partition coefficient (Wildman–Crippen LogP) is 3.98. The van der Waals surface area contributed by atoms with Gasteiger partial charge in [0.2, 0.25) is 0 Å². The number of anilines is 1. The van der Waals surface area contributed by atoms with Crippen molar-refractivity contribution in [1.29, 1.82) is 0 Å². The Morgan fingerprint density at radius 1 is 1.24 bits per heavy atom. The Kier molecular flexibility index (Phi) is 5.39. The first-order valence-corrected chi connectivity index (χ1v) is 8.21. The minimum atomic E-state index is -0.00833. The third-order valence-electron chi connectivity index (χ3n) is 3.48. The van der Waals surface area contributed by atoms with Gasteiger partial charge in [-0.05, 0) is 61.0 Å². The number of carbonyl (C=O) groups excluding carboxylic acids is 1. The third-order valence-corrected chi connectivity index (χ3v) is 4.44. The molecule has 0 aliphatic heterocycles. The highest BCUT2D eigenvalue weighted by Crippen LogP contribution is 2.18. The first kappa shape index (κ1) is 15.6. The number of carbonyl (C=O) groups is 1. The van der Waals surface area contributed by atoms with Gasteiger partial charge in [0.25, 0.3) is 5.91 Å². The SMILES string of the molecule is CCNc1ccc(C(=O)NCc2sccc2CC)c(C)c1. The predicted molar refractivity (Wildman–Crippen MR) is 90.2 cm³/mol. The maximum atomic E-state index is 12.3. The van der Waals surface area contributed by atoms with Gasteiger partial charge in [-0.25, -0.2) is 0 Å². The van der Waals surface area contributed by atoms with E-state index in [4.69, 9.17) is 0 Å². The van der Waals surface area contributed by atoms with Crippen molar-refractivity contribution in [2.75, 3.05) is 11.9 Å². The van der Waals surface area contributed by atoms with Crippen LogP contribution in [0.2, 0.25) is 0 Å². The highest BCUT2D eigenvalue weighted by molar-refractivity contribution is 7.10. The van der Waals surface area contributed by atoms with Crippen LogP contribution in [-0.2, 0) is 13.0 Å². The van der Waals surface area contributed by atoms with Gasteiger partial charge in [0.05, 0.1) is 6.54 Å². The standard InChI is InChI=1S/C17H22N2OS/c1-4-13-8-9-21-16(13)11-19-17(20)15-7-6-14(18-5-2)10-12(15)3/h6-10,18H,4-5,11H2,1-3H3,(H,19,20). The molecular weight excluding hydrogens is 280 g/mol. The summed E-state index contributed by atoms with van der Waals surface area (Å²) in [6.45, 7) is 7.65. The second-order valence-corrected chi connectivity index (χ2v) is 5.97. The molecule has 2 aromatic rings. The summed E-state index contributed by atoms with van der Waals surface area (Å²) in [5, 5.41) is 8.35. The van der Waals surface area contributed by atoms with Crippen molar-refractivity contribution in [1.82, 2.24) is 5.32 Å². The summed E-state index contributed by atoms with van der Waals surface area (Å²) in [6.07, 6.45) is 1.01. The lowest BCUT2D eigenvalue weighted by Gasteiger charge is -2.10. The van der Waals surface area contributed by atoms with Crippen molar-refractivity contribution in [3.63, 3.8) is 0 Å². The van der Waals surface area contributed by atoms with Crippen LogP contribution in [0, 0.1) is 6.92 Å². The zero-order valence-electron chi connectivity index (χ0n) is 12.8. The van der Waals surface area contributed by atoms with E-state index in [1.807, 2.05) is 25.1 Å². The van der Waals surface area contributed by atoms with Crippen LogP contribution < -0.4 is 10.6 Å². The Morgan fingerprint density at radius 2 is 2.05 bits per heavy atom. The molecule has 0 radical (unpaired) electrons. The molecule has 1 heterocycles. The average molecular weight is 302 g/mol. The van der Waals surface area contributed by atoms with E-state index >= 15 is 0 Å².